The predicted molar refractivity (Wildman–Crippen MR) is 79.7 cm³/mol. The molecule has 0 spiro atoms. The van der Waals surface area contributed by atoms with Gasteiger partial charge in [0.1, 0.15) is 15.7 Å². The van der Waals surface area contributed by atoms with Gasteiger partial charge in [0.15, 0.2) is 0 Å². The van der Waals surface area contributed by atoms with Crippen molar-refractivity contribution in [2.45, 2.75) is 18.4 Å². The molecule has 2 heterocycles. The monoisotopic (exact) mass is 332 g/mol. The van der Waals surface area contributed by atoms with Crippen molar-refractivity contribution in [2.24, 2.45) is 0 Å². The van der Waals surface area contributed by atoms with Gasteiger partial charge in [0, 0.05) is 24.3 Å². The summed E-state index contributed by atoms with van der Waals surface area (Å²) in [6.07, 6.45) is 1.26. The zero-order valence-corrected chi connectivity index (χ0v) is 13.2. The van der Waals surface area contributed by atoms with Crippen LogP contribution in [0.15, 0.2) is 22.5 Å². The molecule has 2 aromatic heterocycles. The Hall–Kier alpha value is -1.22. The zero-order valence-electron chi connectivity index (χ0n) is 10.8. The molecule has 0 fully saturated rings. The van der Waals surface area contributed by atoms with Crippen molar-refractivity contribution in [3.8, 4) is 0 Å². The van der Waals surface area contributed by atoms with E-state index >= 15 is 0 Å². The SMILES string of the molecule is CNc1ncc(S(=O)(=O)NCc2nc(C)cs2)cc1Cl. The smallest absolute Gasteiger partial charge is 0.242 e. The van der Waals surface area contributed by atoms with Crippen molar-refractivity contribution < 1.29 is 8.42 Å². The summed E-state index contributed by atoms with van der Waals surface area (Å²) in [5, 5.41) is 5.59. The Morgan fingerprint density at radius 1 is 1.45 bits per heavy atom. The number of sulfonamides is 1. The number of pyridine rings is 1. The Morgan fingerprint density at radius 3 is 2.75 bits per heavy atom. The molecule has 0 radical (unpaired) electrons. The fourth-order valence-electron chi connectivity index (χ4n) is 1.48. The molecular formula is C11H13ClN4O2S2. The van der Waals surface area contributed by atoms with Crippen molar-refractivity contribution in [1.29, 1.82) is 0 Å². The van der Waals surface area contributed by atoms with E-state index in [9.17, 15) is 8.42 Å². The molecule has 0 amide bonds. The maximum Gasteiger partial charge on any atom is 0.242 e. The van der Waals surface area contributed by atoms with Gasteiger partial charge in [0.2, 0.25) is 10.0 Å². The number of nitrogens with one attached hydrogen (secondary N) is 2. The number of thiazole rings is 1. The van der Waals surface area contributed by atoms with Crippen LogP contribution in [-0.4, -0.2) is 25.4 Å². The molecule has 2 aromatic rings. The number of hydrogen-bond donors (Lipinski definition) is 2. The standard InChI is InChI=1S/C11H13ClN4O2S2/c1-7-6-19-10(16-7)5-15-20(17,18)8-3-9(12)11(13-2)14-4-8/h3-4,6,15H,5H2,1-2H3,(H,13,14). The lowest BCUT2D eigenvalue weighted by molar-refractivity contribution is 0.580. The Labute approximate surface area is 126 Å². The summed E-state index contributed by atoms with van der Waals surface area (Å²) in [5.74, 6) is 0.432. The molecule has 20 heavy (non-hydrogen) atoms. The summed E-state index contributed by atoms with van der Waals surface area (Å²) >= 11 is 7.33. The highest BCUT2D eigenvalue weighted by atomic mass is 35.5. The molecular weight excluding hydrogens is 320 g/mol. The van der Waals surface area contributed by atoms with Crippen molar-refractivity contribution >= 4 is 38.8 Å². The first kappa shape index (κ1) is 15.2. The first-order valence-electron chi connectivity index (χ1n) is 5.66. The molecule has 0 aliphatic heterocycles. The normalized spacial score (nSPS) is 11.6. The molecule has 0 atom stereocenters. The van der Waals surface area contributed by atoms with E-state index in [0.29, 0.717) is 10.8 Å². The van der Waals surface area contributed by atoms with Crippen molar-refractivity contribution in [3.05, 3.63) is 33.4 Å². The van der Waals surface area contributed by atoms with Crippen LogP contribution in [0.5, 0.6) is 0 Å². The molecule has 2 rings (SSSR count). The molecule has 108 valence electrons. The van der Waals surface area contributed by atoms with E-state index in [1.54, 1.807) is 7.05 Å². The second-order valence-electron chi connectivity index (χ2n) is 3.96. The van der Waals surface area contributed by atoms with Crippen LogP contribution in [0.4, 0.5) is 5.82 Å². The number of anilines is 1. The highest BCUT2D eigenvalue weighted by Crippen LogP contribution is 2.22. The number of halogens is 1. The van der Waals surface area contributed by atoms with Crippen LogP contribution in [0.25, 0.3) is 0 Å². The predicted octanol–water partition coefficient (Wildman–Crippen LogP) is 2.02. The van der Waals surface area contributed by atoms with Crippen LogP contribution in [-0.2, 0) is 16.6 Å². The Kier molecular flexibility index (Phi) is 4.59. The van der Waals surface area contributed by atoms with E-state index in [2.05, 4.69) is 20.0 Å². The highest BCUT2D eigenvalue weighted by molar-refractivity contribution is 7.89. The number of hydrogen-bond acceptors (Lipinski definition) is 6. The molecule has 0 saturated carbocycles. The molecule has 6 nitrogen and oxygen atoms in total. The minimum Gasteiger partial charge on any atom is -0.372 e. The van der Waals surface area contributed by atoms with Gasteiger partial charge in [-0.2, -0.15) is 0 Å². The molecule has 9 heteroatoms. The number of nitrogens with zero attached hydrogens (tertiary/aromatic N) is 2. The van der Waals surface area contributed by atoms with Crippen LogP contribution in [0.2, 0.25) is 5.02 Å². The minimum absolute atomic E-state index is 0.0229. The van der Waals surface area contributed by atoms with Crippen LogP contribution >= 0.6 is 22.9 Å². The number of aryl methyl sites for hydroxylation is 1. The van der Waals surface area contributed by atoms with E-state index in [1.807, 2.05) is 12.3 Å². The molecule has 0 aromatic carbocycles. The number of aromatic nitrogens is 2. The van der Waals surface area contributed by atoms with E-state index in [0.717, 1.165) is 5.69 Å². The number of rotatable bonds is 5. The second-order valence-corrected chi connectivity index (χ2v) is 7.08. The lowest BCUT2D eigenvalue weighted by Crippen LogP contribution is -2.23. The summed E-state index contributed by atoms with van der Waals surface area (Å²) in [6, 6.07) is 1.36. The fourth-order valence-corrected chi connectivity index (χ4v) is 3.56. The Bertz CT molecular complexity index is 715. The topological polar surface area (TPSA) is 84.0 Å². The zero-order chi connectivity index (χ0) is 14.8. The average molecular weight is 333 g/mol. The van der Waals surface area contributed by atoms with Gasteiger partial charge in [-0.25, -0.2) is 23.1 Å². The van der Waals surface area contributed by atoms with Crippen molar-refractivity contribution in [1.82, 2.24) is 14.7 Å². The van der Waals surface area contributed by atoms with E-state index < -0.39 is 10.0 Å². The first-order chi connectivity index (χ1) is 9.42. The maximum atomic E-state index is 12.1. The maximum absolute atomic E-state index is 12.1. The van der Waals surface area contributed by atoms with Gasteiger partial charge in [-0.1, -0.05) is 11.6 Å². The summed E-state index contributed by atoms with van der Waals surface area (Å²) in [4.78, 5) is 8.16. The largest absolute Gasteiger partial charge is 0.372 e. The summed E-state index contributed by atoms with van der Waals surface area (Å²) in [7, 11) is -2.00. The Balaban J connectivity index is 2.15. The second kappa shape index (κ2) is 6.04. The lowest BCUT2D eigenvalue weighted by atomic mass is 10.4. The first-order valence-corrected chi connectivity index (χ1v) is 8.40. The highest BCUT2D eigenvalue weighted by Gasteiger charge is 2.16. The molecule has 0 bridgehead atoms. The van der Waals surface area contributed by atoms with Crippen LogP contribution in [0.1, 0.15) is 10.7 Å². The molecule has 0 aliphatic carbocycles. The van der Waals surface area contributed by atoms with Gasteiger partial charge in [-0.3, -0.25) is 0 Å². The van der Waals surface area contributed by atoms with Crippen molar-refractivity contribution in [3.63, 3.8) is 0 Å². The van der Waals surface area contributed by atoms with Gasteiger partial charge in [-0.05, 0) is 13.0 Å². The van der Waals surface area contributed by atoms with Gasteiger partial charge in [0.05, 0.1) is 11.6 Å². The third-order valence-corrected chi connectivity index (χ3v) is 5.07. The third kappa shape index (κ3) is 3.45. The van der Waals surface area contributed by atoms with Crippen LogP contribution in [0.3, 0.4) is 0 Å². The molecule has 2 N–H and O–H groups in total. The van der Waals surface area contributed by atoms with Gasteiger partial charge >= 0.3 is 0 Å². The van der Waals surface area contributed by atoms with E-state index in [1.165, 1.54) is 23.6 Å². The van der Waals surface area contributed by atoms with E-state index in [4.69, 9.17) is 11.6 Å². The molecule has 0 saturated heterocycles. The fraction of sp³-hybridized carbons (Fsp3) is 0.273. The van der Waals surface area contributed by atoms with Gasteiger partial charge < -0.3 is 5.32 Å². The minimum atomic E-state index is -3.65. The van der Waals surface area contributed by atoms with Gasteiger partial charge in [0.25, 0.3) is 0 Å². The van der Waals surface area contributed by atoms with E-state index in [-0.39, 0.29) is 16.5 Å². The van der Waals surface area contributed by atoms with Crippen LogP contribution in [0, 0.1) is 6.92 Å². The van der Waals surface area contributed by atoms with Crippen LogP contribution < -0.4 is 10.0 Å². The molecule has 0 unspecified atom stereocenters. The summed E-state index contributed by atoms with van der Waals surface area (Å²) in [5.41, 5.74) is 0.868. The summed E-state index contributed by atoms with van der Waals surface area (Å²) < 4.78 is 26.7. The third-order valence-electron chi connectivity index (χ3n) is 2.44. The molecule has 0 aliphatic rings. The lowest BCUT2D eigenvalue weighted by Gasteiger charge is -2.07. The van der Waals surface area contributed by atoms with Gasteiger partial charge in [-0.15, -0.1) is 11.3 Å². The quantitative estimate of drug-likeness (QED) is 0.875. The van der Waals surface area contributed by atoms with Crippen molar-refractivity contribution in [2.75, 3.05) is 12.4 Å². The Morgan fingerprint density at radius 2 is 2.20 bits per heavy atom. The summed E-state index contributed by atoms with van der Waals surface area (Å²) in [6.45, 7) is 2.00. The average Bonchev–Trinajstić information content (AvgIpc) is 2.82.